The van der Waals surface area contributed by atoms with Gasteiger partial charge >= 0.3 is 0 Å². The highest BCUT2D eigenvalue weighted by Crippen LogP contribution is 2.17. The molecular weight excluding hydrogens is 460 g/mol. The van der Waals surface area contributed by atoms with E-state index in [2.05, 4.69) is 15.6 Å². The summed E-state index contributed by atoms with van der Waals surface area (Å²) in [5.41, 5.74) is 3.79. The van der Waals surface area contributed by atoms with Crippen LogP contribution in [0.1, 0.15) is 28.6 Å². The summed E-state index contributed by atoms with van der Waals surface area (Å²) < 4.78 is 1.94. The topological polar surface area (TPSA) is 79.2 Å². The largest absolute Gasteiger partial charge is 0.387 e. The second kappa shape index (κ2) is 12.3. The second-order valence-electron chi connectivity index (χ2n) is 8.37. The molecule has 0 aliphatic rings. The third-order valence-electron chi connectivity index (χ3n) is 5.77. The van der Waals surface area contributed by atoms with Crippen molar-refractivity contribution in [2.75, 3.05) is 18.4 Å². The van der Waals surface area contributed by atoms with Gasteiger partial charge in [0.2, 0.25) is 5.91 Å². The van der Waals surface area contributed by atoms with E-state index in [1.807, 2.05) is 89.6 Å². The van der Waals surface area contributed by atoms with Crippen LogP contribution in [-0.2, 0) is 24.2 Å². The first-order chi connectivity index (χ1) is 17.1. The number of amides is 1. The van der Waals surface area contributed by atoms with Crippen molar-refractivity contribution in [3.05, 3.63) is 119 Å². The molecule has 1 aromatic heterocycles. The molecule has 3 N–H and O–H groups in total. The number of nitrogens with zero attached hydrogens (tertiary/aromatic N) is 2. The molecule has 1 heterocycles. The first-order valence-corrected chi connectivity index (χ1v) is 12.0. The standard InChI is InChI=1S/C28H29ClN4O2/c29-25-9-5-4-8-23(25)20-33-17-16-31-27(33)18-28(35)32-24-12-10-21(11-13-24)14-15-30-19-26(34)22-6-2-1-3-7-22/h1-13,16-17,26,30,34H,14-15,18-20H2,(H,32,35)/t26-/m0/s1. The molecular formula is C28H29ClN4O2. The summed E-state index contributed by atoms with van der Waals surface area (Å²) in [7, 11) is 0. The number of carbonyl (C=O) groups is 1. The maximum Gasteiger partial charge on any atom is 0.231 e. The SMILES string of the molecule is O=C(Cc1nccn1Cc1ccccc1Cl)Nc1ccc(CCNC[C@H](O)c2ccccc2)cc1. The van der Waals surface area contributed by atoms with E-state index < -0.39 is 6.10 Å². The summed E-state index contributed by atoms with van der Waals surface area (Å²) in [6, 6.07) is 25.1. The van der Waals surface area contributed by atoms with Crippen molar-refractivity contribution in [2.45, 2.75) is 25.5 Å². The van der Waals surface area contributed by atoms with Crippen LogP contribution in [0.15, 0.2) is 91.3 Å². The molecule has 0 radical (unpaired) electrons. The molecule has 180 valence electrons. The van der Waals surface area contributed by atoms with Crippen molar-refractivity contribution in [1.29, 1.82) is 0 Å². The van der Waals surface area contributed by atoms with Gasteiger partial charge in [-0.05, 0) is 47.9 Å². The van der Waals surface area contributed by atoms with Gasteiger partial charge in [-0.3, -0.25) is 4.79 Å². The van der Waals surface area contributed by atoms with Gasteiger partial charge in [0.05, 0.1) is 19.1 Å². The minimum atomic E-state index is -0.519. The number of hydrogen-bond donors (Lipinski definition) is 3. The molecule has 0 fully saturated rings. The van der Waals surface area contributed by atoms with E-state index in [0.29, 0.717) is 23.9 Å². The molecule has 1 atom stereocenters. The monoisotopic (exact) mass is 488 g/mol. The Labute approximate surface area is 210 Å². The molecule has 0 aliphatic heterocycles. The maximum absolute atomic E-state index is 12.6. The van der Waals surface area contributed by atoms with Crippen molar-refractivity contribution < 1.29 is 9.90 Å². The lowest BCUT2D eigenvalue weighted by Crippen LogP contribution is -2.23. The molecule has 1 amide bonds. The van der Waals surface area contributed by atoms with Crippen LogP contribution in [0, 0.1) is 0 Å². The highest BCUT2D eigenvalue weighted by Gasteiger charge is 2.11. The van der Waals surface area contributed by atoms with Gasteiger partial charge in [0.15, 0.2) is 0 Å². The first-order valence-electron chi connectivity index (χ1n) is 11.6. The Morgan fingerprint density at radius 1 is 1.00 bits per heavy atom. The molecule has 4 aromatic rings. The van der Waals surface area contributed by atoms with Gasteiger partial charge in [-0.1, -0.05) is 72.3 Å². The Bertz CT molecular complexity index is 1230. The zero-order valence-corrected chi connectivity index (χ0v) is 20.2. The summed E-state index contributed by atoms with van der Waals surface area (Å²) in [5.74, 6) is 0.559. The summed E-state index contributed by atoms with van der Waals surface area (Å²) in [6.07, 6.45) is 4.03. The molecule has 0 aliphatic carbocycles. The fourth-order valence-corrected chi connectivity index (χ4v) is 4.02. The molecule has 35 heavy (non-hydrogen) atoms. The van der Waals surface area contributed by atoms with Gasteiger partial charge in [0.25, 0.3) is 0 Å². The molecule has 3 aromatic carbocycles. The number of imidazole rings is 1. The third kappa shape index (κ3) is 7.26. The molecule has 0 spiro atoms. The fraction of sp³-hybridized carbons (Fsp3) is 0.214. The Balaban J connectivity index is 1.22. The number of anilines is 1. The molecule has 7 heteroatoms. The number of rotatable bonds is 11. The van der Waals surface area contributed by atoms with Crippen LogP contribution in [0.5, 0.6) is 0 Å². The lowest BCUT2D eigenvalue weighted by molar-refractivity contribution is -0.115. The van der Waals surface area contributed by atoms with E-state index in [1.54, 1.807) is 6.20 Å². The molecule has 0 saturated carbocycles. The highest BCUT2D eigenvalue weighted by molar-refractivity contribution is 6.31. The predicted octanol–water partition coefficient (Wildman–Crippen LogP) is 4.63. The van der Waals surface area contributed by atoms with Crippen LogP contribution in [0.25, 0.3) is 0 Å². The number of halogens is 1. The van der Waals surface area contributed by atoms with Gasteiger partial charge in [-0.2, -0.15) is 0 Å². The van der Waals surface area contributed by atoms with E-state index in [9.17, 15) is 9.90 Å². The van der Waals surface area contributed by atoms with Crippen LogP contribution >= 0.6 is 11.6 Å². The molecule has 0 saturated heterocycles. The molecule has 0 unspecified atom stereocenters. The van der Waals surface area contributed by atoms with Gasteiger partial charge in [-0.15, -0.1) is 0 Å². The maximum atomic E-state index is 12.6. The Kier molecular flexibility index (Phi) is 8.68. The van der Waals surface area contributed by atoms with Crippen LogP contribution in [-0.4, -0.2) is 33.7 Å². The van der Waals surface area contributed by atoms with E-state index in [-0.39, 0.29) is 12.3 Å². The normalized spacial score (nSPS) is 11.8. The van der Waals surface area contributed by atoms with Crippen molar-refractivity contribution in [1.82, 2.24) is 14.9 Å². The second-order valence-corrected chi connectivity index (χ2v) is 8.77. The number of carbonyl (C=O) groups excluding carboxylic acids is 1. The quantitative estimate of drug-likeness (QED) is 0.269. The highest BCUT2D eigenvalue weighted by atomic mass is 35.5. The zero-order valence-electron chi connectivity index (χ0n) is 19.4. The number of benzene rings is 3. The molecule has 6 nitrogen and oxygen atoms in total. The molecule has 0 bridgehead atoms. The van der Waals surface area contributed by atoms with Crippen LogP contribution in [0.3, 0.4) is 0 Å². The first kappa shape index (κ1) is 24.7. The minimum absolute atomic E-state index is 0.124. The van der Waals surface area contributed by atoms with Crippen molar-refractivity contribution in [3.63, 3.8) is 0 Å². The van der Waals surface area contributed by atoms with Crippen molar-refractivity contribution >= 4 is 23.2 Å². The van der Waals surface area contributed by atoms with Crippen LogP contribution in [0.4, 0.5) is 5.69 Å². The zero-order chi connectivity index (χ0) is 24.5. The van der Waals surface area contributed by atoms with Gasteiger partial charge in [-0.25, -0.2) is 4.98 Å². The Morgan fingerprint density at radius 2 is 1.74 bits per heavy atom. The minimum Gasteiger partial charge on any atom is -0.387 e. The Morgan fingerprint density at radius 3 is 2.51 bits per heavy atom. The van der Waals surface area contributed by atoms with Gasteiger partial charge in [0.1, 0.15) is 5.82 Å². The lowest BCUT2D eigenvalue weighted by atomic mass is 10.1. The number of aliphatic hydroxyl groups is 1. The van der Waals surface area contributed by atoms with Gasteiger partial charge in [0, 0.05) is 29.6 Å². The summed E-state index contributed by atoms with van der Waals surface area (Å²) in [6.45, 7) is 1.82. The Hall–Kier alpha value is -3.45. The third-order valence-corrected chi connectivity index (χ3v) is 6.14. The summed E-state index contributed by atoms with van der Waals surface area (Å²) >= 11 is 6.27. The number of hydrogen-bond acceptors (Lipinski definition) is 4. The predicted molar refractivity (Wildman–Crippen MR) is 140 cm³/mol. The smallest absolute Gasteiger partial charge is 0.231 e. The number of aromatic nitrogens is 2. The summed E-state index contributed by atoms with van der Waals surface area (Å²) in [5, 5.41) is 17.1. The van der Waals surface area contributed by atoms with Crippen LogP contribution < -0.4 is 10.6 Å². The number of nitrogens with one attached hydrogen (secondary N) is 2. The number of aliphatic hydroxyl groups excluding tert-OH is 1. The average molecular weight is 489 g/mol. The van der Waals surface area contributed by atoms with Crippen molar-refractivity contribution in [3.8, 4) is 0 Å². The van der Waals surface area contributed by atoms with Crippen LogP contribution in [0.2, 0.25) is 5.02 Å². The average Bonchev–Trinajstić information content (AvgIpc) is 3.30. The molecule has 4 rings (SSSR count). The van der Waals surface area contributed by atoms with Gasteiger partial charge < -0.3 is 20.3 Å². The van der Waals surface area contributed by atoms with Crippen molar-refractivity contribution in [2.24, 2.45) is 0 Å². The van der Waals surface area contributed by atoms with E-state index in [0.717, 1.165) is 35.3 Å². The van der Waals surface area contributed by atoms with E-state index in [1.165, 1.54) is 0 Å². The lowest BCUT2D eigenvalue weighted by Gasteiger charge is -2.12. The fourth-order valence-electron chi connectivity index (χ4n) is 3.83. The van der Waals surface area contributed by atoms with E-state index in [4.69, 9.17) is 11.6 Å². The van der Waals surface area contributed by atoms with E-state index >= 15 is 0 Å². The summed E-state index contributed by atoms with van der Waals surface area (Å²) in [4.78, 5) is 16.9.